The molecule has 0 spiro atoms. The predicted molar refractivity (Wildman–Crippen MR) is 53.7 cm³/mol. The molecule has 0 aromatic heterocycles. The van der Waals surface area contributed by atoms with Crippen LogP contribution < -0.4 is 0 Å². The molecule has 2 nitrogen and oxygen atoms in total. The van der Waals surface area contributed by atoms with Crippen molar-refractivity contribution < 1.29 is 8.85 Å². The van der Waals surface area contributed by atoms with Crippen molar-refractivity contribution in [2.45, 2.75) is 26.3 Å². The molecular formula is C7H18O2SSi. The van der Waals surface area contributed by atoms with E-state index < -0.39 is 9.28 Å². The van der Waals surface area contributed by atoms with E-state index in [2.05, 4.69) is 19.6 Å². The SMILES string of the molecule is CCO[SiH](OCC)C(C)CS. The second-order valence-electron chi connectivity index (χ2n) is 2.44. The van der Waals surface area contributed by atoms with Gasteiger partial charge < -0.3 is 8.85 Å². The molecule has 0 amide bonds. The van der Waals surface area contributed by atoms with Gasteiger partial charge in [-0.25, -0.2) is 0 Å². The van der Waals surface area contributed by atoms with E-state index in [4.69, 9.17) is 8.85 Å². The molecule has 0 fully saturated rings. The lowest BCUT2D eigenvalue weighted by molar-refractivity contribution is 0.207. The lowest BCUT2D eigenvalue weighted by Crippen LogP contribution is -2.28. The molecule has 0 aliphatic heterocycles. The fourth-order valence-electron chi connectivity index (χ4n) is 0.791. The van der Waals surface area contributed by atoms with Crippen LogP contribution in [0.5, 0.6) is 0 Å². The third-order valence-corrected chi connectivity index (χ3v) is 4.88. The number of hydrogen-bond acceptors (Lipinski definition) is 3. The van der Waals surface area contributed by atoms with E-state index in [1.807, 2.05) is 13.8 Å². The van der Waals surface area contributed by atoms with Gasteiger partial charge in [-0.2, -0.15) is 12.6 Å². The van der Waals surface area contributed by atoms with Gasteiger partial charge in [0.1, 0.15) is 0 Å². The highest BCUT2D eigenvalue weighted by molar-refractivity contribution is 7.80. The molecule has 0 rings (SSSR count). The van der Waals surface area contributed by atoms with Gasteiger partial charge in [0, 0.05) is 18.8 Å². The van der Waals surface area contributed by atoms with Gasteiger partial charge in [0.2, 0.25) is 0 Å². The van der Waals surface area contributed by atoms with Crippen molar-refractivity contribution in [1.82, 2.24) is 0 Å². The summed E-state index contributed by atoms with van der Waals surface area (Å²) in [5.74, 6) is 0.858. The molecule has 0 aromatic carbocycles. The van der Waals surface area contributed by atoms with Gasteiger partial charge >= 0.3 is 9.28 Å². The van der Waals surface area contributed by atoms with Crippen molar-refractivity contribution in [3.05, 3.63) is 0 Å². The van der Waals surface area contributed by atoms with Crippen molar-refractivity contribution in [3.8, 4) is 0 Å². The molecule has 11 heavy (non-hydrogen) atoms. The van der Waals surface area contributed by atoms with E-state index in [0.717, 1.165) is 19.0 Å². The Morgan fingerprint density at radius 3 is 2.00 bits per heavy atom. The van der Waals surface area contributed by atoms with E-state index >= 15 is 0 Å². The van der Waals surface area contributed by atoms with Crippen LogP contribution in [-0.2, 0) is 8.85 Å². The fraction of sp³-hybridized carbons (Fsp3) is 1.00. The maximum atomic E-state index is 5.50. The van der Waals surface area contributed by atoms with Crippen LogP contribution in [-0.4, -0.2) is 28.3 Å². The van der Waals surface area contributed by atoms with Crippen molar-refractivity contribution in [2.24, 2.45) is 0 Å². The van der Waals surface area contributed by atoms with Crippen molar-refractivity contribution in [3.63, 3.8) is 0 Å². The van der Waals surface area contributed by atoms with Gasteiger partial charge in [0.15, 0.2) is 0 Å². The van der Waals surface area contributed by atoms with Crippen LogP contribution >= 0.6 is 12.6 Å². The normalized spacial score (nSPS) is 13.9. The number of hydrogen-bond donors (Lipinski definition) is 1. The first kappa shape index (κ1) is 11.5. The van der Waals surface area contributed by atoms with E-state index in [1.165, 1.54) is 0 Å². The lowest BCUT2D eigenvalue weighted by Gasteiger charge is -2.19. The summed E-state index contributed by atoms with van der Waals surface area (Å²) in [5, 5.41) is 0. The van der Waals surface area contributed by atoms with Crippen LogP contribution in [0.15, 0.2) is 0 Å². The molecule has 0 N–H and O–H groups in total. The summed E-state index contributed by atoms with van der Waals surface area (Å²) >= 11 is 4.22. The van der Waals surface area contributed by atoms with E-state index in [1.54, 1.807) is 0 Å². The first-order valence-corrected chi connectivity index (χ1v) is 6.34. The van der Waals surface area contributed by atoms with Crippen LogP contribution in [0.2, 0.25) is 5.54 Å². The van der Waals surface area contributed by atoms with Crippen molar-refractivity contribution in [2.75, 3.05) is 19.0 Å². The lowest BCUT2D eigenvalue weighted by atomic mass is 10.6. The Morgan fingerprint density at radius 1 is 1.27 bits per heavy atom. The summed E-state index contributed by atoms with van der Waals surface area (Å²) in [7, 11) is -1.40. The molecule has 1 atom stereocenters. The van der Waals surface area contributed by atoms with Gasteiger partial charge in [0.05, 0.1) is 0 Å². The zero-order chi connectivity index (χ0) is 8.69. The highest BCUT2D eigenvalue weighted by Gasteiger charge is 2.19. The number of thiol groups is 1. The van der Waals surface area contributed by atoms with Gasteiger partial charge in [-0.15, -0.1) is 0 Å². The predicted octanol–water partition coefficient (Wildman–Crippen LogP) is 1.60. The van der Waals surface area contributed by atoms with E-state index in [-0.39, 0.29) is 0 Å². The maximum Gasteiger partial charge on any atom is 0.325 e. The topological polar surface area (TPSA) is 18.5 Å². The summed E-state index contributed by atoms with van der Waals surface area (Å²) in [6, 6.07) is 0. The monoisotopic (exact) mass is 194 g/mol. The van der Waals surface area contributed by atoms with Gasteiger partial charge in [-0.3, -0.25) is 0 Å². The zero-order valence-electron chi connectivity index (χ0n) is 7.54. The third-order valence-electron chi connectivity index (χ3n) is 1.41. The Balaban J connectivity index is 3.66. The highest BCUT2D eigenvalue weighted by Crippen LogP contribution is 2.12. The van der Waals surface area contributed by atoms with Crippen LogP contribution in [0.1, 0.15) is 20.8 Å². The summed E-state index contributed by atoms with van der Waals surface area (Å²) < 4.78 is 11.0. The van der Waals surface area contributed by atoms with Crippen LogP contribution in [0.25, 0.3) is 0 Å². The minimum absolute atomic E-state index is 0.498. The minimum atomic E-state index is -1.40. The third kappa shape index (κ3) is 4.84. The fourth-order valence-corrected chi connectivity index (χ4v) is 2.89. The molecule has 0 saturated heterocycles. The second kappa shape index (κ2) is 7.15. The van der Waals surface area contributed by atoms with Gasteiger partial charge in [-0.1, -0.05) is 6.92 Å². The molecule has 4 heteroatoms. The molecule has 0 radical (unpaired) electrons. The van der Waals surface area contributed by atoms with Crippen LogP contribution in [0.4, 0.5) is 0 Å². The number of rotatable bonds is 6. The zero-order valence-corrected chi connectivity index (χ0v) is 9.59. The summed E-state index contributed by atoms with van der Waals surface area (Å²) in [6.45, 7) is 7.66. The average Bonchev–Trinajstić information content (AvgIpc) is 2.03. The van der Waals surface area contributed by atoms with E-state index in [9.17, 15) is 0 Å². The molecule has 0 bridgehead atoms. The molecule has 1 unspecified atom stereocenters. The standard InChI is InChI=1S/C7H18O2SSi/c1-4-8-11(9-5-2)7(3)6-10/h7,10-11H,4-6H2,1-3H3. The second-order valence-corrected chi connectivity index (χ2v) is 5.35. The Bertz CT molecular complexity index is 86.5. The van der Waals surface area contributed by atoms with Crippen LogP contribution in [0.3, 0.4) is 0 Å². The Morgan fingerprint density at radius 2 is 1.73 bits per heavy atom. The largest absolute Gasteiger partial charge is 0.397 e. The molecule has 68 valence electrons. The molecule has 0 aliphatic rings. The quantitative estimate of drug-likeness (QED) is 0.511. The summed E-state index contributed by atoms with van der Waals surface area (Å²) in [4.78, 5) is 0. The highest BCUT2D eigenvalue weighted by atomic mass is 32.1. The summed E-state index contributed by atoms with van der Waals surface area (Å²) in [6.07, 6.45) is 0. The molecule has 0 saturated carbocycles. The van der Waals surface area contributed by atoms with Crippen molar-refractivity contribution in [1.29, 1.82) is 0 Å². The molecule has 0 aromatic rings. The van der Waals surface area contributed by atoms with E-state index in [0.29, 0.717) is 5.54 Å². The average molecular weight is 194 g/mol. The minimum Gasteiger partial charge on any atom is -0.397 e. The van der Waals surface area contributed by atoms with Gasteiger partial charge in [0.25, 0.3) is 0 Å². The van der Waals surface area contributed by atoms with Gasteiger partial charge in [-0.05, 0) is 19.6 Å². The Kier molecular flexibility index (Phi) is 7.47. The Labute approximate surface area is 76.5 Å². The maximum absolute atomic E-state index is 5.50. The molecular weight excluding hydrogens is 176 g/mol. The van der Waals surface area contributed by atoms with Crippen molar-refractivity contribution >= 4 is 21.9 Å². The first-order chi connectivity index (χ1) is 5.26. The first-order valence-electron chi connectivity index (χ1n) is 4.10. The Hall–Kier alpha value is 0.487. The molecule has 0 aliphatic carbocycles. The van der Waals surface area contributed by atoms with Crippen LogP contribution in [0, 0.1) is 0 Å². The smallest absolute Gasteiger partial charge is 0.325 e. The molecule has 0 heterocycles. The summed E-state index contributed by atoms with van der Waals surface area (Å²) in [5.41, 5.74) is 0.498.